The number of aryl methyl sites for hydroxylation is 1. The highest BCUT2D eigenvalue weighted by Gasteiger charge is 2.21. The fraction of sp³-hybridized carbons (Fsp3) is 0.636. The van der Waals surface area contributed by atoms with Crippen LogP contribution in [-0.2, 0) is 6.54 Å². The van der Waals surface area contributed by atoms with E-state index in [9.17, 15) is 4.79 Å². The van der Waals surface area contributed by atoms with E-state index >= 15 is 0 Å². The first-order valence-electron chi connectivity index (χ1n) is 5.37. The van der Waals surface area contributed by atoms with Gasteiger partial charge < -0.3 is 0 Å². The molecule has 84 valence electrons. The summed E-state index contributed by atoms with van der Waals surface area (Å²) in [6.45, 7) is 6.63. The van der Waals surface area contributed by atoms with Crippen molar-refractivity contribution in [1.82, 2.24) is 9.78 Å². The summed E-state index contributed by atoms with van der Waals surface area (Å²) in [5, 5.41) is 4.52. The normalized spacial score (nSPS) is 12.8. The molecule has 3 nitrogen and oxygen atoms in total. The van der Waals surface area contributed by atoms with E-state index in [0.717, 1.165) is 12.8 Å². The number of aromatic nitrogens is 2. The number of nitrogens with zero attached hydrogens (tertiary/aromatic N) is 2. The Kier molecular flexibility index (Phi) is 4.33. The van der Waals surface area contributed by atoms with Gasteiger partial charge in [0.05, 0.1) is 11.2 Å². The fourth-order valence-corrected chi connectivity index (χ4v) is 1.88. The number of rotatable bonds is 5. The van der Waals surface area contributed by atoms with Gasteiger partial charge in [-0.3, -0.25) is 9.48 Å². The van der Waals surface area contributed by atoms with Crippen LogP contribution in [0.15, 0.2) is 6.20 Å². The average molecular weight is 229 g/mol. The molecule has 0 saturated heterocycles. The summed E-state index contributed by atoms with van der Waals surface area (Å²) in [5.74, 6) is 0.121. The lowest BCUT2D eigenvalue weighted by molar-refractivity contribution is 0.0913. The van der Waals surface area contributed by atoms with Crippen molar-refractivity contribution in [2.24, 2.45) is 5.92 Å². The molecule has 1 unspecified atom stereocenters. The molecule has 0 aliphatic carbocycles. The molecular weight excluding hydrogens is 212 g/mol. The molecule has 0 aliphatic heterocycles. The van der Waals surface area contributed by atoms with Crippen molar-refractivity contribution in [2.75, 3.05) is 0 Å². The van der Waals surface area contributed by atoms with Crippen molar-refractivity contribution >= 4 is 17.4 Å². The van der Waals surface area contributed by atoms with Crippen molar-refractivity contribution in [3.63, 3.8) is 0 Å². The van der Waals surface area contributed by atoms with Gasteiger partial charge in [0.1, 0.15) is 5.69 Å². The van der Waals surface area contributed by atoms with Crippen LogP contribution in [0.25, 0.3) is 0 Å². The van der Waals surface area contributed by atoms with Crippen LogP contribution in [0.3, 0.4) is 0 Å². The monoisotopic (exact) mass is 228 g/mol. The summed E-state index contributed by atoms with van der Waals surface area (Å²) in [4.78, 5) is 12.1. The maximum absolute atomic E-state index is 12.1. The summed E-state index contributed by atoms with van der Waals surface area (Å²) >= 11 is 5.96. The summed E-state index contributed by atoms with van der Waals surface area (Å²) < 4.78 is 1.66. The van der Waals surface area contributed by atoms with E-state index in [1.165, 1.54) is 6.20 Å². The van der Waals surface area contributed by atoms with Crippen LogP contribution in [0, 0.1) is 5.92 Å². The van der Waals surface area contributed by atoms with E-state index in [2.05, 4.69) is 12.0 Å². The lowest BCUT2D eigenvalue weighted by atomic mass is 9.99. The molecule has 0 bridgehead atoms. The number of hydrogen-bond donors (Lipinski definition) is 0. The smallest absolute Gasteiger partial charge is 0.185 e. The largest absolute Gasteiger partial charge is 0.292 e. The minimum atomic E-state index is 0.0227. The zero-order valence-electron chi connectivity index (χ0n) is 9.46. The minimum Gasteiger partial charge on any atom is -0.292 e. The molecular formula is C11H17ClN2O. The van der Waals surface area contributed by atoms with Gasteiger partial charge in [0.2, 0.25) is 0 Å². The Morgan fingerprint density at radius 3 is 2.80 bits per heavy atom. The first-order chi connectivity index (χ1) is 7.11. The Labute approximate surface area is 95.4 Å². The molecule has 1 rings (SSSR count). The van der Waals surface area contributed by atoms with Gasteiger partial charge in [0.15, 0.2) is 5.78 Å². The molecule has 0 radical (unpaired) electrons. The lowest BCUT2D eigenvalue weighted by Crippen LogP contribution is -2.17. The predicted molar refractivity (Wildman–Crippen MR) is 61.3 cm³/mol. The molecule has 0 saturated carbocycles. The summed E-state index contributed by atoms with van der Waals surface area (Å²) in [6, 6.07) is 0. The number of carbonyl (C=O) groups is 1. The van der Waals surface area contributed by atoms with Gasteiger partial charge in [-0.2, -0.15) is 5.10 Å². The third-order valence-electron chi connectivity index (χ3n) is 2.50. The highest BCUT2D eigenvalue weighted by Crippen LogP contribution is 2.21. The SMILES string of the molecule is CCCC(C)C(=O)c1c(Cl)cnn1CC. The van der Waals surface area contributed by atoms with E-state index in [1.54, 1.807) is 4.68 Å². The Hall–Kier alpha value is -0.830. The van der Waals surface area contributed by atoms with Crippen LogP contribution in [0.2, 0.25) is 5.02 Å². The van der Waals surface area contributed by atoms with Crippen molar-refractivity contribution < 1.29 is 4.79 Å². The van der Waals surface area contributed by atoms with Gasteiger partial charge in [-0.05, 0) is 13.3 Å². The molecule has 0 aromatic carbocycles. The van der Waals surface area contributed by atoms with Gasteiger partial charge in [-0.25, -0.2) is 0 Å². The van der Waals surface area contributed by atoms with Crippen LogP contribution in [0.5, 0.6) is 0 Å². The van der Waals surface area contributed by atoms with E-state index < -0.39 is 0 Å². The zero-order chi connectivity index (χ0) is 11.4. The van der Waals surface area contributed by atoms with Crippen LogP contribution in [0.4, 0.5) is 0 Å². The third kappa shape index (κ3) is 2.59. The van der Waals surface area contributed by atoms with Gasteiger partial charge in [-0.1, -0.05) is 31.9 Å². The molecule has 0 aliphatic rings. The lowest BCUT2D eigenvalue weighted by Gasteiger charge is -2.10. The van der Waals surface area contributed by atoms with Gasteiger partial charge >= 0.3 is 0 Å². The fourth-order valence-electron chi connectivity index (χ4n) is 1.64. The average Bonchev–Trinajstić information content (AvgIpc) is 2.58. The first-order valence-corrected chi connectivity index (χ1v) is 5.75. The van der Waals surface area contributed by atoms with Crippen molar-refractivity contribution in [2.45, 2.75) is 40.2 Å². The highest BCUT2D eigenvalue weighted by molar-refractivity contribution is 6.33. The molecule has 0 amide bonds. The van der Waals surface area contributed by atoms with Gasteiger partial charge in [-0.15, -0.1) is 0 Å². The molecule has 1 atom stereocenters. The third-order valence-corrected chi connectivity index (χ3v) is 2.77. The van der Waals surface area contributed by atoms with E-state index in [1.807, 2.05) is 13.8 Å². The standard InChI is InChI=1S/C11H17ClN2O/c1-4-6-8(3)11(15)10-9(12)7-13-14(10)5-2/h7-8H,4-6H2,1-3H3. The highest BCUT2D eigenvalue weighted by atomic mass is 35.5. The number of halogens is 1. The molecule has 1 aromatic rings. The Balaban J connectivity index is 2.94. The summed E-state index contributed by atoms with van der Waals surface area (Å²) in [7, 11) is 0. The minimum absolute atomic E-state index is 0.0227. The Morgan fingerprint density at radius 2 is 2.27 bits per heavy atom. The Morgan fingerprint density at radius 1 is 1.60 bits per heavy atom. The number of hydrogen-bond acceptors (Lipinski definition) is 2. The zero-order valence-corrected chi connectivity index (χ0v) is 10.2. The second-order valence-corrected chi connectivity index (χ2v) is 4.12. The Bertz CT molecular complexity index is 346. The van der Waals surface area contributed by atoms with E-state index in [-0.39, 0.29) is 11.7 Å². The maximum atomic E-state index is 12.1. The molecule has 0 N–H and O–H groups in total. The summed E-state index contributed by atoms with van der Waals surface area (Å²) in [6.07, 6.45) is 3.44. The quantitative estimate of drug-likeness (QED) is 0.726. The van der Waals surface area contributed by atoms with E-state index in [4.69, 9.17) is 11.6 Å². The summed E-state index contributed by atoms with van der Waals surface area (Å²) in [5.41, 5.74) is 0.556. The molecule has 1 heterocycles. The van der Waals surface area contributed by atoms with Crippen LogP contribution in [0.1, 0.15) is 44.1 Å². The number of carbonyl (C=O) groups excluding carboxylic acids is 1. The second kappa shape index (κ2) is 5.31. The van der Waals surface area contributed by atoms with Gasteiger partial charge in [0.25, 0.3) is 0 Å². The van der Waals surface area contributed by atoms with Crippen LogP contribution >= 0.6 is 11.6 Å². The van der Waals surface area contributed by atoms with E-state index in [0.29, 0.717) is 17.3 Å². The molecule has 4 heteroatoms. The topological polar surface area (TPSA) is 34.9 Å². The number of Topliss-reactive ketones (excluding diaryl/α,β-unsaturated/α-hetero) is 1. The van der Waals surface area contributed by atoms with Crippen LogP contribution in [-0.4, -0.2) is 15.6 Å². The van der Waals surface area contributed by atoms with Gasteiger partial charge in [0, 0.05) is 12.5 Å². The molecule has 0 fully saturated rings. The molecule has 0 spiro atoms. The number of ketones is 1. The maximum Gasteiger partial charge on any atom is 0.185 e. The van der Waals surface area contributed by atoms with Crippen molar-refractivity contribution in [3.8, 4) is 0 Å². The molecule has 1 aromatic heterocycles. The van der Waals surface area contributed by atoms with Crippen molar-refractivity contribution in [1.29, 1.82) is 0 Å². The second-order valence-electron chi connectivity index (χ2n) is 3.71. The van der Waals surface area contributed by atoms with Crippen LogP contribution < -0.4 is 0 Å². The van der Waals surface area contributed by atoms with Crippen molar-refractivity contribution in [3.05, 3.63) is 16.9 Å². The molecule has 15 heavy (non-hydrogen) atoms. The predicted octanol–water partition coefficient (Wildman–Crippen LogP) is 3.18. The first kappa shape index (κ1) is 12.2.